The van der Waals surface area contributed by atoms with Crippen molar-refractivity contribution in [1.29, 1.82) is 0 Å². The molecule has 2 rings (SSSR count). The van der Waals surface area contributed by atoms with Gasteiger partial charge in [-0.05, 0) is 24.6 Å². The van der Waals surface area contributed by atoms with Crippen molar-refractivity contribution in [2.24, 2.45) is 0 Å². The van der Waals surface area contributed by atoms with Gasteiger partial charge in [0.05, 0.1) is 12.2 Å². The van der Waals surface area contributed by atoms with Gasteiger partial charge in [-0.3, -0.25) is 9.78 Å². The first kappa shape index (κ1) is 13.5. The van der Waals surface area contributed by atoms with Crippen LogP contribution in [0.2, 0.25) is 5.02 Å². The van der Waals surface area contributed by atoms with Crippen molar-refractivity contribution in [3.8, 4) is 0 Å². The first-order chi connectivity index (χ1) is 9.09. The molecule has 1 heterocycles. The Labute approximate surface area is 117 Å². The average Bonchev–Trinajstić information content (AvgIpc) is 2.46. The Morgan fingerprint density at radius 3 is 2.53 bits per heavy atom. The molecule has 4 nitrogen and oxygen atoms in total. The summed E-state index contributed by atoms with van der Waals surface area (Å²) in [5.74, 6) is -0.157. The molecule has 0 unspecified atom stereocenters. The smallest absolute Gasteiger partial charge is 0.274 e. The van der Waals surface area contributed by atoms with Gasteiger partial charge in [-0.1, -0.05) is 23.7 Å². The summed E-state index contributed by atoms with van der Waals surface area (Å²) >= 11 is 5.86. The minimum absolute atomic E-state index is 0.0632. The molecule has 0 aliphatic carbocycles. The van der Waals surface area contributed by atoms with Crippen molar-refractivity contribution in [3.63, 3.8) is 0 Å². The highest BCUT2D eigenvalue weighted by Gasteiger charge is 2.19. The number of hydrogen-bond donors (Lipinski definition) is 0. The van der Waals surface area contributed by atoms with E-state index >= 15 is 0 Å². The quantitative estimate of drug-likeness (QED) is 0.865. The van der Waals surface area contributed by atoms with Crippen LogP contribution in [0, 0.1) is 0 Å². The van der Waals surface area contributed by atoms with Gasteiger partial charge >= 0.3 is 0 Å². The summed E-state index contributed by atoms with van der Waals surface area (Å²) < 4.78 is 0. The van der Waals surface area contributed by atoms with Crippen LogP contribution in [0.1, 0.15) is 29.0 Å². The summed E-state index contributed by atoms with van der Waals surface area (Å²) in [6.45, 7) is 1.96. The molecule has 0 aliphatic rings. The normalized spacial score (nSPS) is 11.9. The van der Waals surface area contributed by atoms with Crippen LogP contribution in [-0.2, 0) is 0 Å². The Kier molecular flexibility index (Phi) is 4.12. The number of carbonyl (C=O) groups is 1. The molecule has 1 amide bonds. The van der Waals surface area contributed by atoms with Gasteiger partial charge in [-0.25, -0.2) is 4.98 Å². The second-order valence-electron chi connectivity index (χ2n) is 4.23. The van der Waals surface area contributed by atoms with E-state index in [1.807, 2.05) is 31.2 Å². The molecule has 98 valence electrons. The monoisotopic (exact) mass is 275 g/mol. The highest BCUT2D eigenvalue weighted by Crippen LogP contribution is 2.21. The summed E-state index contributed by atoms with van der Waals surface area (Å²) in [6, 6.07) is 7.38. The van der Waals surface area contributed by atoms with Crippen molar-refractivity contribution in [2.45, 2.75) is 13.0 Å². The number of rotatable bonds is 3. The van der Waals surface area contributed by atoms with Gasteiger partial charge in [0.2, 0.25) is 0 Å². The third kappa shape index (κ3) is 3.09. The van der Waals surface area contributed by atoms with E-state index in [-0.39, 0.29) is 11.9 Å². The fourth-order valence-corrected chi connectivity index (χ4v) is 1.86. The number of amides is 1. The number of aromatic nitrogens is 2. The zero-order valence-corrected chi connectivity index (χ0v) is 11.5. The molecular formula is C14H14ClN3O. The van der Waals surface area contributed by atoms with E-state index in [1.165, 1.54) is 12.4 Å². The molecule has 0 bridgehead atoms. The van der Waals surface area contributed by atoms with Crippen LogP contribution in [0.25, 0.3) is 0 Å². The molecule has 1 aromatic heterocycles. The highest BCUT2D eigenvalue weighted by atomic mass is 35.5. The van der Waals surface area contributed by atoms with Crippen LogP contribution in [0.3, 0.4) is 0 Å². The van der Waals surface area contributed by atoms with Gasteiger partial charge < -0.3 is 4.90 Å². The first-order valence-corrected chi connectivity index (χ1v) is 6.26. The second-order valence-corrected chi connectivity index (χ2v) is 4.67. The molecule has 2 aromatic rings. The topological polar surface area (TPSA) is 46.1 Å². The predicted molar refractivity (Wildman–Crippen MR) is 74.0 cm³/mol. The highest BCUT2D eigenvalue weighted by molar-refractivity contribution is 6.30. The van der Waals surface area contributed by atoms with E-state index < -0.39 is 0 Å². The van der Waals surface area contributed by atoms with Gasteiger partial charge in [0.15, 0.2) is 0 Å². The minimum Gasteiger partial charge on any atom is -0.334 e. The fraction of sp³-hybridized carbons (Fsp3) is 0.214. The molecule has 0 saturated carbocycles. The summed E-state index contributed by atoms with van der Waals surface area (Å²) in [6.07, 6.45) is 4.51. The number of benzene rings is 1. The summed E-state index contributed by atoms with van der Waals surface area (Å²) in [7, 11) is 1.75. The average molecular weight is 276 g/mol. The van der Waals surface area contributed by atoms with E-state index in [1.54, 1.807) is 18.1 Å². The Morgan fingerprint density at radius 1 is 1.26 bits per heavy atom. The maximum absolute atomic E-state index is 12.2. The standard InChI is InChI=1S/C14H14ClN3O/c1-10(11-3-5-12(15)6-4-11)18(2)14(19)13-9-16-7-8-17-13/h3-10H,1-2H3/t10-/m1/s1. The minimum atomic E-state index is -0.157. The van der Waals surface area contributed by atoms with Crippen LogP contribution in [0.4, 0.5) is 0 Å². The third-order valence-electron chi connectivity index (χ3n) is 3.04. The molecule has 19 heavy (non-hydrogen) atoms. The second kappa shape index (κ2) is 5.80. The van der Waals surface area contributed by atoms with Crippen LogP contribution in [-0.4, -0.2) is 27.8 Å². The van der Waals surface area contributed by atoms with Crippen molar-refractivity contribution in [2.75, 3.05) is 7.05 Å². The molecule has 0 aliphatic heterocycles. The molecule has 0 fully saturated rings. The lowest BCUT2D eigenvalue weighted by atomic mass is 10.1. The number of nitrogens with zero attached hydrogens (tertiary/aromatic N) is 3. The third-order valence-corrected chi connectivity index (χ3v) is 3.29. The van der Waals surface area contributed by atoms with Crippen molar-refractivity contribution in [1.82, 2.24) is 14.9 Å². The molecule has 1 aromatic carbocycles. The number of carbonyl (C=O) groups excluding carboxylic acids is 1. The van der Waals surface area contributed by atoms with Crippen LogP contribution >= 0.6 is 11.6 Å². The first-order valence-electron chi connectivity index (χ1n) is 5.88. The molecular weight excluding hydrogens is 262 g/mol. The van der Waals surface area contributed by atoms with Gasteiger partial charge in [0.1, 0.15) is 5.69 Å². The van der Waals surface area contributed by atoms with Crippen molar-refractivity contribution in [3.05, 3.63) is 59.1 Å². The van der Waals surface area contributed by atoms with Crippen LogP contribution < -0.4 is 0 Å². The molecule has 0 N–H and O–H groups in total. The van der Waals surface area contributed by atoms with E-state index in [0.717, 1.165) is 5.56 Å². The molecule has 1 atom stereocenters. The van der Waals surface area contributed by atoms with Gasteiger partial charge in [-0.2, -0.15) is 0 Å². The van der Waals surface area contributed by atoms with E-state index in [2.05, 4.69) is 9.97 Å². The lowest BCUT2D eigenvalue weighted by Gasteiger charge is -2.25. The van der Waals surface area contributed by atoms with Gasteiger partial charge in [0, 0.05) is 24.5 Å². The zero-order valence-electron chi connectivity index (χ0n) is 10.7. The van der Waals surface area contributed by atoms with Gasteiger partial charge in [-0.15, -0.1) is 0 Å². The lowest BCUT2D eigenvalue weighted by molar-refractivity contribution is 0.0736. The zero-order chi connectivity index (χ0) is 13.8. The van der Waals surface area contributed by atoms with Crippen molar-refractivity contribution >= 4 is 17.5 Å². The predicted octanol–water partition coefficient (Wildman–Crippen LogP) is 2.96. The largest absolute Gasteiger partial charge is 0.334 e. The Bertz CT molecular complexity index is 557. The van der Waals surface area contributed by atoms with Gasteiger partial charge in [0.25, 0.3) is 5.91 Å². The van der Waals surface area contributed by atoms with Crippen molar-refractivity contribution < 1.29 is 4.79 Å². The molecule has 5 heteroatoms. The number of hydrogen-bond acceptors (Lipinski definition) is 3. The molecule has 0 saturated heterocycles. The summed E-state index contributed by atoms with van der Waals surface area (Å²) in [5, 5.41) is 0.679. The molecule has 0 spiro atoms. The van der Waals surface area contributed by atoms with E-state index in [4.69, 9.17) is 11.6 Å². The number of halogens is 1. The fourth-order valence-electron chi connectivity index (χ4n) is 1.73. The SMILES string of the molecule is C[C@H](c1ccc(Cl)cc1)N(C)C(=O)c1cnccn1. The Morgan fingerprint density at radius 2 is 1.95 bits per heavy atom. The summed E-state index contributed by atoms with van der Waals surface area (Å²) in [5.41, 5.74) is 1.36. The van der Waals surface area contributed by atoms with Crippen LogP contribution in [0.5, 0.6) is 0 Å². The lowest BCUT2D eigenvalue weighted by Crippen LogP contribution is -2.30. The summed E-state index contributed by atoms with van der Waals surface area (Å²) in [4.78, 5) is 21.8. The molecule has 0 radical (unpaired) electrons. The maximum Gasteiger partial charge on any atom is 0.274 e. The Hall–Kier alpha value is -1.94. The maximum atomic E-state index is 12.2. The van der Waals surface area contributed by atoms with E-state index in [0.29, 0.717) is 10.7 Å². The van der Waals surface area contributed by atoms with E-state index in [9.17, 15) is 4.79 Å². The Balaban J connectivity index is 2.17. The van der Waals surface area contributed by atoms with Crippen LogP contribution in [0.15, 0.2) is 42.9 Å².